The second kappa shape index (κ2) is 7.81. The van der Waals surface area contributed by atoms with E-state index in [-0.39, 0.29) is 28.5 Å². The number of methoxy groups -OCH3 is 1. The Bertz CT molecular complexity index is 847. The number of anilines is 1. The molecule has 2 aromatic rings. The molecule has 0 aliphatic carbocycles. The zero-order valence-electron chi connectivity index (χ0n) is 13.9. The third-order valence-corrected chi connectivity index (χ3v) is 3.45. The van der Waals surface area contributed by atoms with Gasteiger partial charge in [-0.1, -0.05) is 11.6 Å². The van der Waals surface area contributed by atoms with E-state index in [9.17, 15) is 14.4 Å². The van der Waals surface area contributed by atoms with E-state index in [1.165, 1.54) is 45.2 Å². The SMILES string of the molecule is COc1cc(OC(C)=O)ccc1C(=O)c1cc(Cl)ccc1NC(C)=O. The van der Waals surface area contributed by atoms with Crippen LogP contribution in [0, 0.1) is 0 Å². The molecular formula is C18H16ClNO5. The maximum atomic E-state index is 12.9. The molecule has 0 atom stereocenters. The molecule has 2 rings (SSSR count). The van der Waals surface area contributed by atoms with Crippen molar-refractivity contribution in [3.8, 4) is 11.5 Å². The van der Waals surface area contributed by atoms with Crippen molar-refractivity contribution in [1.82, 2.24) is 0 Å². The highest BCUT2D eigenvalue weighted by Crippen LogP contribution is 2.30. The lowest BCUT2D eigenvalue weighted by Gasteiger charge is -2.13. The van der Waals surface area contributed by atoms with Crippen LogP contribution in [-0.4, -0.2) is 24.8 Å². The van der Waals surface area contributed by atoms with E-state index < -0.39 is 11.8 Å². The molecule has 0 radical (unpaired) electrons. The molecule has 0 bridgehead atoms. The molecule has 0 saturated carbocycles. The van der Waals surface area contributed by atoms with E-state index in [4.69, 9.17) is 21.1 Å². The van der Waals surface area contributed by atoms with Crippen LogP contribution in [0.25, 0.3) is 0 Å². The number of amides is 1. The van der Waals surface area contributed by atoms with E-state index in [1.807, 2.05) is 0 Å². The number of esters is 1. The summed E-state index contributed by atoms with van der Waals surface area (Å²) in [6, 6.07) is 9.00. The van der Waals surface area contributed by atoms with Gasteiger partial charge in [-0.05, 0) is 30.3 Å². The average molecular weight is 362 g/mol. The Balaban J connectivity index is 2.48. The first-order valence-electron chi connectivity index (χ1n) is 7.30. The second-order valence-corrected chi connectivity index (χ2v) is 5.59. The number of carbonyl (C=O) groups excluding carboxylic acids is 3. The maximum Gasteiger partial charge on any atom is 0.308 e. The minimum atomic E-state index is -0.482. The van der Waals surface area contributed by atoms with Gasteiger partial charge in [-0.3, -0.25) is 14.4 Å². The predicted molar refractivity (Wildman–Crippen MR) is 93.5 cm³/mol. The van der Waals surface area contributed by atoms with E-state index in [0.29, 0.717) is 10.7 Å². The fourth-order valence-electron chi connectivity index (χ4n) is 2.24. The van der Waals surface area contributed by atoms with Crippen LogP contribution in [0.1, 0.15) is 29.8 Å². The Hall–Kier alpha value is -2.86. The number of benzene rings is 2. The molecule has 2 aromatic carbocycles. The molecule has 6 nitrogen and oxygen atoms in total. The Kier molecular flexibility index (Phi) is 5.77. The Morgan fingerprint density at radius 1 is 1.00 bits per heavy atom. The van der Waals surface area contributed by atoms with Gasteiger partial charge in [0.25, 0.3) is 0 Å². The summed E-state index contributed by atoms with van der Waals surface area (Å²) in [5.41, 5.74) is 0.807. The summed E-state index contributed by atoms with van der Waals surface area (Å²) in [5, 5.41) is 2.95. The maximum absolute atomic E-state index is 12.9. The van der Waals surface area contributed by atoms with Crippen molar-refractivity contribution in [3.63, 3.8) is 0 Å². The number of hydrogen-bond acceptors (Lipinski definition) is 5. The second-order valence-electron chi connectivity index (χ2n) is 5.16. The molecule has 0 aliphatic rings. The molecule has 0 aliphatic heterocycles. The lowest BCUT2D eigenvalue weighted by atomic mass is 10.0. The van der Waals surface area contributed by atoms with Gasteiger partial charge in [0, 0.05) is 30.5 Å². The lowest BCUT2D eigenvalue weighted by molar-refractivity contribution is -0.131. The third kappa shape index (κ3) is 4.58. The Labute approximate surface area is 149 Å². The van der Waals surface area contributed by atoms with E-state index in [0.717, 1.165) is 0 Å². The molecular weight excluding hydrogens is 346 g/mol. The van der Waals surface area contributed by atoms with Gasteiger partial charge in [-0.25, -0.2) is 0 Å². The van der Waals surface area contributed by atoms with Crippen LogP contribution in [-0.2, 0) is 9.59 Å². The van der Waals surface area contributed by atoms with Crippen molar-refractivity contribution >= 4 is 34.9 Å². The Morgan fingerprint density at radius 3 is 2.32 bits per heavy atom. The van der Waals surface area contributed by atoms with Crippen LogP contribution in [0.5, 0.6) is 11.5 Å². The highest BCUT2D eigenvalue weighted by atomic mass is 35.5. The molecule has 0 unspecified atom stereocenters. The van der Waals surface area contributed by atoms with Gasteiger partial charge in [0.15, 0.2) is 5.78 Å². The normalized spacial score (nSPS) is 10.1. The molecule has 0 heterocycles. The topological polar surface area (TPSA) is 81.7 Å². The lowest BCUT2D eigenvalue weighted by Crippen LogP contribution is -2.12. The van der Waals surface area contributed by atoms with Gasteiger partial charge in [-0.2, -0.15) is 0 Å². The van der Waals surface area contributed by atoms with Crippen molar-refractivity contribution in [1.29, 1.82) is 0 Å². The summed E-state index contributed by atoms with van der Waals surface area (Å²) >= 11 is 5.99. The average Bonchev–Trinajstić information content (AvgIpc) is 2.54. The summed E-state index contributed by atoms with van der Waals surface area (Å²) in [6.07, 6.45) is 0. The highest BCUT2D eigenvalue weighted by molar-refractivity contribution is 6.31. The van der Waals surface area contributed by atoms with Gasteiger partial charge >= 0.3 is 5.97 Å². The Morgan fingerprint density at radius 2 is 1.72 bits per heavy atom. The van der Waals surface area contributed by atoms with E-state index in [1.54, 1.807) is 12.1 Å². The summed E-state index contributed by atoms with van der Waals surface area (Å²) in [4.78, 5) is 35.3. The number of carbonyl (C=O) groups is 3. The summed E-state index contributed by atoms with van der Waals surface area (Å²) in [6.45, 7) is 2.62. The van der Waals surface area contributed by atoms with Crippen molar-refractivity contribution < 1.29 is 23.9 Å². The molecule has 25 heavy (non-hydrogen) atoms. The number of nitrogens with one attached hydrogen (secondary N) is 1. The van der Waals surface area contributed by atoms with Crippen LogP contribution in [0.2, 0.25) is 5.02 Å². The summed E-state index contributed by atoms with van der Waals surface area (Å²) in [7, 11) is 1.40. The van der Waals surface area contributed by atoms with Gasteiger partial charge in [-0.15, -0.1) is 0 Å². The monoisotopic (exact) mass is 361 g/mol. The van der Waals surface area contributed by atoms with Crippen LogP contribution in [0.3, 0.4) is 0 Å². The molecule has 0 saturated heterocycles. The van der Waals surface area contributed by atoms with Crippen LogP contribution in [0.15, 0.2) is 36.4 Å². The smallest absolute Gasteiger partial charge is 0.308 e. The molecule has 1 N–H and O–H groups in total. The van der Waals surface area contributed by atoms with Crippen molar-refractivity contribution in [2.75, 3.05) is 12.4 Å². The first kappa shape index (κ1) is 18.5. The fourth-order valence-corrected chi connectivity index (χ4v) is 2.41. The third-order valence-electron chi connectivity index (χ3n) is 3.22. The molecule has 7 heteroatoms. The fraction of sp³-hybridized carbons (Fsp3) is 0.167. The van der Waals surface area contributed by atoms with E-state index >= 15 is 0 Å². The predicted octanol–water partition coefficient (Wildman–Crippen LogP) is 3.46. The zero-order chi connectivity index (χ0) is 18.6. The highest BCUT2D eigenvalue weighted by Gasteiger charge is 2.20. The first-order valence-corrected chi connectivity index (χ1v) is 7.68. The minimum absolute atomic E-state index is 0.223. The molecule has 1 amide bonds. The standard InChI is InChI=1S/C18H16ClNO5/c1-10(21)20-16-7-4-12(19)8-15(16)18(23)14-6-5-13(25-11(2)22)9-17(14)24-3/h4-9H,1-3H3,(H,20,21). The number of ether oxygens (including phenoxy) is 2. The summed E-state index contributed by atoms with van der Waals surface area (Å²) < 4.78 is 10.2. The molecule has 130 valence electrons. The zero-order valence-corrected chi connectivity index (χ0v) is 14.6. The first-order chi connectivity index (χ1) is 11.8. The number of ketones is 1. The molecule has 0 aromatic heterocycles. The minimum Gasteiger partial charge on any atom is -0.496 e. The van der Waals surface area contributed by atoms with Crippen molar-refractivity contribution in [2.45, 2.75) is 13.8 Å². The van der Waals surface area contributed by atoms with E-state index in [2.05, 4.69) is 5.32 Å². The van der Waals surface area contributed by atoms with Crippen molar-refractivity contribution in [2.24, 2.45) is 0 Å². The van der Waals surface area contributed by atoms with Gasteiger partial charge < -0.3 is 14.8 Å². The van der Waals surface area contributed by atoms with Crippen LogP contribution >= 0.6 is 11.6 Å². The van der Waals surface area contributed by atoms with Crippen molar-refractivity contribution in [3.05, 3.63) is 52.5 Å². The van der Waals surface area contributed by atoms with Gasteiger partial charge in [0.1, 0.15) is 11.5 Å². The van der Waals surface area contributed by atoms with Gasteiger partial charge in [0.2, 0.25) is 5.91 Å². The number of rotatable bonds is 5. The quantitative estimate of drug-likeness (QED) is 0.501. The number of hydrogen-bond donors (Lipinski definition) is 1. The summed E-state index contributed by atoms with van der Waals surface area (Å²) in [5.74, 6) is -0.693. The number of halogens is 1. The molecule has 0 fully saturated rings. The van der Waals surface area contributed by atoms with Crippen LogP contribution in [0.4, 0.5) is 5.69 Å². The molecule has 0 spiro atoms. The largest absolute Gasteiger partial charge is 0.496 e. The van der Waals surface area contributed by atoms with Gasteiger partial charge in [0.05, 0.1) is 18.4 Å². The van der Waals surface area contributed by atoms with Crippen LogP contribution < -0.4 is 14.8 Å².